The summed E-state index contributed by atoms with van der Waals surface area (Å²) < 4.78 is 20.6. The SMILES string of the molecule is CC(C)(C)[Si](C)(C)O[C@H](COc1ccccc1)CN(CP)C[C@H]1CCc2cc(I)ccc2O1. The van der Waals surface area contributed by atoms with Crippen LogP contribution < -0.4 is 9.47 Å². The molecule has 3 rings (SSSR count). The van der Waals surface area contributed by atoms with Gasteiger partial charge in [-0.2, -0.15) is 0 Å². The van der Waals surface area contributed by atoms with E-state index in [-0.39, 0.29) is 17.2 Å². The van der Waals surface area contributed by atoms with E-state index in [1.54, 1.807) is 0 Å². The summed E-state index contributed by atoms with van der Waals surface area (Å²) in [5.74, 6) is 1.93. The van der Waals surface area contributed by atoms with Crippen molar-refractivity contribution < 1.29 is 13.9 Å². The molecule has 7 heteroatoms. The second-order valence-corrected chi connectivity index (χ2v) is 16.7. The van der Waals surface area contributed by atoms with Crippen LogP contribution in [0.5, 0.6) is 11.5 Å². The fourth-order valence-electron chi connectivity index (χ4n) is 3.76. The minimum atomic E-state index is -1.94. The van der Waals surface area contributed by atoms with Gasteiger partial charge in [-0.25, -0.2) is 0 Å². The first-order valence-electron chi connectivity index (χ1n) is 11.8. The van der Waals surface area contributed by atoms with Crippen LogP contribution in [0, 0.1) is 3.57 Å². The number of rotatable bonds is 10. The molecule has 0 spiro atoms. The molecule has 0 radical (unpaired) electrons. The number of benzene rings is 2. The summed E-state index contributed by atoms with van der Waals surface area (Å²) in [5.41, 5.74) is 1.32. The zero-order chi connectivity index (χ0) is 24.1. The lowest BCUT2D eigenvalue weighted by molar-refractivity contribution is 0.0605. The van der Waals surface area contributed by atoms with Gasteiger partial charge in [-0.15, -0.1) is 9.24 Å². The summed E-state index contributed by atoms with van der Waals surface area (Å²) in [6.07, 6.45) is 3.19. The molecule has 182 valence electrons. The molecule has 2 aromatic rings. The third-order valence-corrected chi connectivity index (χ3v) is 12.4. The van der Waals surface area contributed by atoms with Crippen molar-refractivity contribution in [3.8, 4) is 11.5 Å². The van der Waals surface area contributed by atoms with Gasteiger partial charge >= 0.3 is 0 Å². The molecule has 1 heterocycles. The molecule has 0 saturated carbocycles. The highest BCUT2D eigenvalue weighted by molar-refractivity contribution is 14.1. The largest absolute Gasteiger partial charge is 0.491 e. The van der Waals surface area contributed by atoms with Gasteiger partial charge in [-0.05, 0) is 89.5 Å². The number of para-hydroxylation sites is 1. The number of hydrogen-bond acceptors (Lipinski definition) is 4. The van der Waals surface area contributed by atoms with Gasteiger partial charge in [0.05, 0.1) is 6.10 Å². The summed E-state index contributed by atoms with van der Waals surface area (Å²) >= 11 is 2.37. The molecule has 4 nitrogen and oxygen atoms in total. The van der Waals surface area contributed by atoms with Gasteiger partial charge in [0.1, 0.15) is 24.2 Å². The quantitative estimate of drug-likeness (QED) is 0.175. The lowest BCUT2D eigenvalue weighted by Crippen LogP contribution is -2.50. The number of aryl methyl sites for hydroxylation is 1. The Kier molecular flexibility index (Phi) is 9.67. The summed E-state index contributed by atoms with van der Waals surface area (Å²) in [6, 6.07) is 16.5. The lowest BCUT2D eigenvalue weighted by Gasteiger charge is -2.40. The Morgan fingerprint density at radius 1 is 1.18 bits per heavy atom. The number of nitrogens with zero attached hydrogens (tertiary/aromatic N) is 1. The van der Waals surface area contributed by atoms with Gasteiger partial charge in [0.15, 0.2) is 8.32 Å². The van der Waals surface area contributed by atoms with Gasteiger partial charge in [0, 0.05) is 22.9 Å². The molecule has 0 amide bonds. The highest BCUT2D eigenvalue weighted by Crippen LogP contribution is 2.37. The molecule has 0 fully saturated rings. The van der Waals surface area contributed by atoms with E-state index in [1.165, 1.54) is 9.13 Å². The highest BCUT2D eigenvalue weighted by atomic mass is 127. The fourth-order valence-corrected chi connectivity index (χ4v) is 5.95. The molecular weight excluding hydrogens is 560 g/mol. The van der Waals surface area contributed by atoms with Crippen LogP contribution in [0.3, 0.4) is 0 Å². The van der Waals surface area contributed by atoms with Gasteiger partial charge in [0.2, 0.25) is 0 Å². The molecule has 0 aliphatic carbocycles. The maximum absolute atomic E-state index is 6.84. The minimum absolute atomic E-state index is 0.00380. The van der Waals surface area contributed by atoms with Crippen LogP contribution in [0.4, 0.5) is 0 Å². The monoisotopic (exact) mass is 599 g/mol. The van der Waals surface area contributed by atoms with Crippen LogP contribution >= 0.6 is 31.8 Å². The van der Waals surface area contributed by atoms with Crippen LogP contribution in [0.1, 0.15) is 32.8 Å². The molecule has 0 N–H and O–H groups in total. The van der Waals surface area contributed by atoms with Crippen LogP contribution in [0.15, 0.2) is 48.5 Å². The zero-order valence-electron chi connectivity index (χ0n) is 20.6. The van der Waals surface area contributed by atoms with E-state index in [0.717, 1.165) is 43.7 Å². The number of hydrogen-bond donors (Lipinski definition) is 0. The van der Waals surface area contributed by atoms with E-state index in [2.05, 4.69) is 88.8 Å². The van der Waals surface area contributed by atoms with Crippen molar-refractivity contribution in [2.24, 2.45) is 0 Å². The molecule has 0 aromatic heterocycles. The predicted octanol–water partition coefficient (Wildman–Crippen LogP) is 6.59. The first kappa shape index (κ1) is 26.9. The Hall–Kier alpha value is -0.663. The van der Waals surface area contributed by atoms with Crippen LogP contribution in [0.25, 0.3) is 0 Å². The van der Waals surface area contributed by atoms with Crippen molar-refractivity contribution in [2.45, 2.75) is 64.0 Å². The van der Waals surface area contributed by atoms with Crippen molar-refractivity contribution in [3.63, 3.8) is 0 Å². The van der Waals surface area contributed by atoms with E-state index in [1.807, 2.05) is 30.3 Å². The maximum atomic E-state index is 6.84. The molecule has 1 aliphatic rings. The molecule has 1 unspecified atom stereocenters. The first-order chi connectivity index (χ1) is 15.6. The highest BCUT2D eigenvalue weighted by Gasteiger charge is 2.39. The third kappa shape index (κ3) is 7.92. The number of fused-ring (bicyclic) bond motifs is 1. The molecule has 0 saturated heterocycles. The van der Waals surface area contributed by atoms with Crippen molar-refractivity contribution in [2.75, 3.05) is 26.0 Å². The van der Waals surface area contributed by atoms with E-state index >= 15 is 0 Å². The standard InChI is InChI=1S/C26H39INO3PSi/c1-26(2,3)33(4,5)31-24(18-29-22-9-7-6-8-10-22)17-28(19-32)16-23-13-11-20-15-21(27)12-14-25(20)30-23/h6-10,12,14-15,23-24H,11,13,16-19,32H2,1-5H3/t23-,24+/m1/s1. The summed E-state index contributed by atoms with van der Waals surface area (Å²) in [4.78, 5) is 2.43. The first-order valence-corrected chi connectivity index (χ1v) is 16.6. The Labute approximate surface area is 217 Å². The number of ether oxygens (including phenoxy) is 2. The molecule has 33 heavy (non-hydrogen) atoms. The predicted molar refractivity (Wildman–Crippen MR) is 152 cm³/mol. The third-order valence-electron chi connectivity index (χ3n) is 6.68. The van der Waals surface area contributed by atoms with Crippen molar-refractivity contribution >= 4 is 40.1 Å². The van der Waals surface area contributed by atoms with Crippen LogP contribution in [-0.2, 0) is 10.8 Å². The van der Waals surface area contributed by atoms with Crippen molar-refractivity contribution in [1.82, 2.24) is 4.90 Å². The summed E-state index contributed by atoms with van der Waals surface area (Å²) in [6.45, 7) is 13.7. The average Bonchev–Trinajstić information content (AvgIpc) is 2.76. The summed E-state index contributed by atoms with van der Waals surface area (Å²) in [7, 11) is 0.948. The maximum Gasteiger partial charge on any atom is 0.192 e. The fraction of sp³-hybridized carbons (Fsp3) is 0.538. The topological polar surface area (TPSA) is 30.9 Å². The van der Waals surface area contributed by atoms with E-state index in [9.17, 15) is 0 Å². The smallest absolute Gasteiger partial charge is 0.192 e. The van der Waals surface area contributed by atoms with Crippen LogP contribution in [0.2, 0.25) is 18.1 Å². The van der Waals surface area contributed by atoms with Crippen molar-refractivity contribution in [1.29, 1.82) is 0 Å². The molecule has 1 aliphatic heterocycles. The average molecular weight is 600 g/mol. The minimum Gasteiger partial charge on any atom is -0.491 e. The van der Waals surface area contributed by atoms with E-state index in [0.29, 0.717) is 6.61 Å². The van der Waals surface area contributed by atoms with Crippen LogP contribution in [-0.4, -0.2) is 51.4 Å². The van der Waals surface area contributed by atoms with Gasteiger partial charge in [-0.1, -0.05) is 39.0 Å². The second kappa shape index (κ2) is 11.8. The van der Waals surface area contributed by atoms with E-state index in [4.69, 9.17) is 13.9 Å². The zero-order valence-corrected chi connectivity index (χ0v) is 25.0. The Balaban J connectivity index is 1.66. The van der Waals surface area contributed by atoms with Gasteiger partial charge in [-0.3, -0.25) is 4.90 Å². The Morgan fingerprint density at radius 3 is 2.58 bits per heavy atom. The molecular formula is C26H39INO3PSi. The van der Waals surface area contributed by atoms with Gasteiger partial charge in [0.25, 0.3) is 0 Å². The second-order valence-electron chi connectivity index (χ2n) is 10.4. The van der Waals surface area contributed by atoms with E-state index < -0.39 is 8.32 Å². The molecule has 3 atom stereocenters. The molecule has 0 bridgehead atoms. The normalized spacial score (nSPS) is 17.4. The number of halogens is 1. The lowest BCUT2D eigenvalue weighted by atomic mass is 10.0. The summed E-state index contributed by atoms with van der Waals surface area (Å²) in [5, 5.41) is 0.150. The molecule has 2 aromatic carbocycles. The van der Waals surface area contributed by atoms with Gasteiger partial charge < -0.3 is 13.9 Å². The Bertz CT molecular complexity index is 891. The van der Waals surface area contributed by atoms with Crippen molar-refractivity contribution in [3.05, 3.63) is 57.7 Å². The Morgan fingerprint density at radius 2 is 1.91 bits per heavy atom.